The standard InChI is InChI=1S/C17H22N2O4/c1-3-4-10-15(20)18-12-16(21)19-14(17(22)23-2)11-13-8-6-5-7-9-13/h3,5-9,14H,1,4,10-12H2,2H3,(H,18,20)(H,19,21)/t14-/m0/s1. The molecule has 0 spiro atoms. The van der Waals surface area contributed by atoms with E-state index in [1.54, 1.807) is 6.08 Å². The molecule has 0 aliphatic rings. The summed E-state index contributed by atoms with van der Waals surface area (Å²) in [4.78, 5) is 35.1. The maximum atomic E-state index is 11.9. The number of esters is 1. The van der Waals surface area contributed by atoms with Crippen LogP contribution in [-0.2, 0) is 25.5 Å². The van der Waals surface area contributed by atoms with Gasteiger partial charge in [-0.1, -0.05) is 36.4 Å². The van der Waals surface area contributed by atoms with Crippen LogP contribution in [0.25, 0.3) is 0 Å². The van der Waals surface area contributed by atoms with Gasteiger partial charge in [0.1, 0.15) is 6.04 Å². The first-order chi connectivity index (χ1) is 11.1. The minimum absolute atomic E-state index is 0.182. The molecule has 0 heterocycles. The lowest BCUT2D eigenvalue weighted by Crippen LogP contribution is -2.47. The van der Waals surface area contributed by atoms with E-state index >= 15 is 0 Å². The first kappa shape index (κ1) is 18.4. The molecule has 0 saturated carbocycles. The van der Waals surface area contributed by atoms with E-state index in [2.05, 4.69) is 17.2 Å². The van der Waals surface area contributed by atoms with Crippen molar-refractivity contribution in [1.29, 1.82) is 0 Å². The summed E-state index contributed by atoms with van der Waals surface area (Å²) < 4.78 is 4.71. The Morgan fingerprint density at radius 3 is 2.52 bits per heavy atom. The van der Waals surface area contributed by atoms with Crippen molar-refractivity contribution in [1.82, 2.24) is 10.6 Å². The number of methoxy groups -OCH3 is 1. The second-order valence-corrected chi connectivity index (χ2v) is 4.94. The van der Waals surface area contributed by atoms with Crippen LogP contribution >= 0.6 is 0 Å². The zero-order chi connectivity index (χ0) is 17.1. The molecule has 1 aromatic rings. The summed E-state index contributed by atoms with van der Waals surface area (Å²) in [5.74, 6) is -1.21. The highest BCUT2D eigenvalue weighted by atomic mass is 16.5. The molecule has 23 heavy (non-hydrogen) atoms. The molecule has 0 saturated heterocycles. The zero-order valence-corrected chi connectivity index (χ0v) is 13.2. The van der Waals surface area contributed by atoms with Crippen LogP contribution in [0.3, 0.4) is 0 Å². The summed E-state index contributed by atoms with van der Waals surface area (Å²) in [5.41, 5.74) is 0.901. The van der Waals surface area contributed by atoms with Crippen LogP contribution in [0.4, 0.5) is 0 Å². The smallest absolute Gasteiger partial charge is 0.328 e. The predicted molar refractivity (Wildman–Crippen MR) is 86.5 cm³/mol. The number of rotatable bonds is 9. The van der Waals surface area contributed by atoms with Crippen molar-refractivity contribution < 1.29 is 19.1 Å². The number of benzene rings is 1. The Morgan fingerprint density at radius 2 is 1.91 bits per heavy atom. The average molecular weight is 318 g/mol. The first-order valence-electron chi connectivity index (χ1n) is 7.35. The third-order valence-corrected chi connectivity index (χ3v) is 3.13. The molecule has 1 atom stereocenters. The Kier molecular flexibility index (Phi) is 8.13. The molecule has 0 fully saturated rings. The second kappa shape index (κ2) is 10.2. The van der Waals surface area contributed by atoms with Gasteiger partial charge in [-0.25, -0.2) is 4.79 Å². The summed E-state index contributed by atoms with van der Waals surface area (Å²) in [6.07, 6.45) is 2.78. The molecule has 6 nitrogen and oxygen atoms in total. The van der Waals surface area contributed by atoms with Crippen molar-refractivity contribution >= 4 is 17.8 Å². The molecule has 2 N–H and O–H groups in total. The normalized spacial score (nSPS) is 11.2. The topological polar surface area (TPSA) is 84.5 Å². The largest absolute Gasteiger partial charge is 0.467 e. The summed E-state index contributed by atoms with van der Waals surface area (Å²) in [7, 11) is 1.27. The Balaban J connectivity index is 2.53. The van der Waals surface area contributed by atoms with Crippen LogP contribution in [-0.4, -0.2) is 37.5 Å². The lowest BCUT2D eigenvalue weighted by atomic mass is 10.1. The molecule has 0 bridgehead atoms. The third kappa shape index (κ3) is 7.26. The van der Waals surface area contributed by atoms with Crippen molar-refractivity contribution in [2.24, 2.45) is 0 Å². The van der Waals surface area contributed by atoms with Gasteiger partial charge in [0.05, 0.1) is 13.7 Å². The summed E-state index contributed by atoms with van der Waals surface area (Å²) in [5, 5.41) is 5.07. The highest BCUT2D eigenvalue weighted by Crippen LogP contribution is 2.04. The van der Waals surface area contributed by atoms with Gasteiger partial charge in [0, 0.05) is 12.8 Å². The summed E-state index contributed by atoms with van der Waals surface area (Å²) in [6.45, 7) is 3.34. The molecule has 0 aromatic heterocycles. The van der Waals surface area contributed by atoms with Crippen molar-refractivity contribution in [3.63, 3.8) is 0 Å². The molecule has 0 aliphatic carbocycles. The van der Waals surface area contributed by atoms with Gasteiger partial charge in [0.25, 0.3) is 0 Å². The first-order valence-corrected chi connectivity index (χ1v) is 7.35. The Hall–Kier alpha value is -2.63. The van der Waals surface area contributed by atoms with Crippen LogP contribution in [0, 0.1) is 0 Å². The number of nitrogens with one attached hydrogen (secondary N) is 2. The fourth-order valence-corrected chi connectivity index (χ4v) is 1.93. The minimum atomic E-state index is -0.792. The van der Waals surface area contributed by atoms with Crippen molar-refractivity contribution in [2.45, 2.75) is 25.3 Å². The monoisotopic (exact) mass is 318 g/mol. The molecule has 2 amide bonds. The van der Waals surface area contributed by atoms with Crippen LogP contribution in [0.5, 0.6) is 0 Å². The fraction of sp³-hybridized carbons (Fsp3) is 0.353. The number of amides is 2. The SMILES string of the molecule is C=CCCC(=O)NCC(=O)N[C@@H](Cc1ccccc1)C(=O)OC. The predicted octanol–water partition coefficient (Wildman–Crippen LogP) is 0.969. The van der Waals surface area contributed by atoms with E-state index in [1.807, 2.05) is 30.3 Å². The number of ether oxygens (including phenoxy) is 1. The zero-order valence-electron chi connectivity index (χ0n) is 13.2. The average Bonchev–Trinajstić information content (AvgIpc) is 2.57. The highest BCUT2D eigenvalue weighted by molar-refractivity contribution is 5.88. The van der Waals surface area contributed by atoms with Crippen LogP contribution in [0.1, 0.15) is 18.4 Å². The summed E-state index contributed by atoms with van der Waals surface area (Å²) in [6, 6.07) is 8.50. The molecule has 0 aliphatic heterocycles. The van der Waals surface area contributed by atoms with Gasteiger partial charge in [0.2, 0.25) is 11.8 Å². The van der Waals surface area contributed by atoms with Gasteiger partial charge in [-0.3, -0.25) is 9.59 Å². The van der Waals surface area contributed by atoms with Crippen LogP contribution < -0.4 is 10.6 Å². The van der Waals surface area contributed by atoms with Gasteiger partial charge in [-0.05, 0) is 12.0 Å². The van der Waals surface area contributed by atoms with Crippen LogP contribution in [0.2, 0.25) is 0 Å². The maximum absolute atomic E-state index is 11.9. The Labute approximate surface area is 135 Å². The highest BCUT2D eigenvalue weighted by Gasteiger charge is 2.21. The minimum Gasteiger partial charge on any atom is -0.467 e. The van der Waals surface area contributed by atoms with E-state index in [0.717, 1.165) is 5.56 Å². The molecular weight excluding hydrogens is 296 g/mol. The van der Waals surface area contributed by atoms with Crippen molar-refractivity contribution in [3.8, 4) is 0 Å². The van der Waals surface area contributed by atoms with E-state index in [0.29, 0.717) is 12.8 Å². The molecule has 6 heteroatoms. The van der Waals surface area contributed by atoms with Gasteiger partial charge in [0.15, 0.2) is 0 Å². The van der Waals surface area contributed by atoms with E-state index in [-0.39, 0.29) is 18.9 Å². The van der Waals surface area contributed by atoms with Gasteiger partial charge in [-0.2, -0.15) is 0 Å². The molecule has 1 aromatic carbocycles. The Morgan fingerprint density at radius 1 is 1.22 bits per heavy atom. The molecule has 124 valence electrons. The molecule has 1 rings (SSSR count). The Bertz CT molecular complexity index is 543. The van der Waals surface area contributed by atoms with E-state index in [1.165, 1.54) is 7.11 Å². The van der Waals surface area contributed by atoms with Gasteiger partial charge >= 0.3 is 5.97 Å². The fourth-order valence-electron chi connectivity index (χ4n) is 1.93. The number of carbonyl (C=O) groups excluding carboxylic acids is 3. The van der Waals surface area contributed by atoms with E-state index in [9.17, 15) is 14.4 Å². The third-order valence-electron chi connectivity index (χ3n) is 3.13. The molecular formula is C17H22N2O4. The van der Waals surface area contributed by atoms with E-state index in [4.69, 9.17) is 4.74 Å². The second-order valence-electron chi connectivity index (χ2n) is 4.94. The molecule has 0 radical (unpaired) electrons. The quantitative estimate of drug-likeness (QED) is 0.525. The number of carbonyl (C=O) groups is 3. The lowest BCUT2D eigenvalue weighted by molar-refractivity contribution is -0.145. The summed E-state index contributed by atoms with van der Waals surface area (Å²) >= 11 is 0. The van der Waals surface area contributed by atoms with Crippen LogP contribution in [0.15, 0.2) is 43.0 Å². The molecule has 0 unspecified atom stereocenters. The number of hydrogen-bond donors (Lipinski definition) is 2. The van der Waals surface area contributed by atoms with Gasteiger partial charge < -0.3 is 15.4 Å². The lowest BCUT2D eigenvalue weighted by Gasteiger charge is -2.17. The van der Waals surface area contributed by atoms with Crippen molar-refractivity contribution in [2.75, 3.05) is 13.7 Å². The maximum Gasteiger partial charge on any atom is 0.328 e. The van der Waals surface area contributed by atoms with E-state index < -0.39 is 17.9 Å². The number of allylic oxidation sites excluding steroid dienone is 1. The van der Waals surface area contributed by atoms with Gasteiger partial charge in [-0.15, -0.1) is 6.58 Å². The number of hydrogen-bond acceptors (Lipinski definition) is 4. The van der Waals surface area contributed by atoms with Crippen molar-refractivity contribution in [3.05, 3.63) is 48.6 Å².